The van der Waals surface area contributed by atoms with Gasteiger partial charge in [0.05, 0.1) is 0 Å². The molecule has 3 atom stereocenters. The van der Waals surface area contributed by atoms with Gasteiger partial charge in [0.2, 0.25) is 5.91 Å². The number of fused-ring (bicyclic) bond motifs is 1. The highest BCUT2D eigenvalue weighted by atomic mass is 16.4. The van der Waals surface area contributed by atoms with Crippen LogP contribution in [0.1, 0.15) is 32.1 Å². The van der Waals surface area contributed by atoms with E-state index < -0.39 is 12.0 Å². The molecule has 1 heterocycles. The lowest BCUT2D eigenvalue weighted by Crippen LogP contribution is -2.43. The molecule has 4 heteroatoms. The lowest BCUT2D eigenvalue weighted by Gasteiger charge is -2.25. The minimum absolute atomic E-state index is 0.108. The molecule has 1 amide bonds. The maximum atomic E-state index is 12.2. The molecular weight excluding hydrogens is 206 g/mol. The molecule has 1 saturated heterocycles. The molecule has 2 unspecified atom stereocenters. The van der Waals surface area contributed by atoms with Crippen LogP contribution in [0.4, 0.5) is 0 Å². The molecule has 3 aliphatic rings. The zero-order valence-corrected chi connectivity index (χ0v) is 9.26. The maximum Gasteiger partial charge on any atom is 0.326 e. The number of carbonyl (C=O) groups is 2. The van der Waals surface area contributed by atoms with E-state index in [-0.39, 0.29) is 11.8 Å². The zero-order valence-electron chi connectivity index (χ0n) is 9.26. The van der Waals surface area contributed by atoms with Gasteiger partial charge in [-0.1, -0.05) is 0 Å². The highest BCUT2D eigenvalue weighted by Gasteiger charge is 2.50. The van der Waals surface area contributed by atoms with E-state index in [2.05, 4.69) is 0 Å². The summed E-state index contributed by atoms with van der Waals surface area (Å²) in [6, 6.07) is -0.551. The summed E-state index contributed by atoms with van der Waals surface area (Å²) in [7, 11) is 0. The number of carboxylic acids is 1. The van der Waals surface area contributed by atoms with Crippen LogP contribution in [0, 0.1) is 17.8 Å². The third-order valence-corrected chi connectivity index (χ3v) is 4.41. The predicted molar refractivity (Wildman–Crippen MR) is 56.7 cm³/mol. The first-order valence-electron chi connectivity index (χ1n) is 6.20. The van der Waals surface area contributed by atoms with Crippen molar-refractivity contribution in [3.8, 4) is 0 Å². The first-order valence-corrected chi connectivity index (χ1v) is 6.20. The Balaban J connectivity index is 1.67. The van der Waals surface area contributed by atoms with Gasteiger partial charge < -0.3 is 10.0 Å². The minimum atomic E-state index is -0.839. The first kappa shape index (κ1) is 10.1. The van der Waals surface area contributed by atoms with Crippen molar-refractivity contribution in [2.45, 2.75) is 38.1 Å². The summed E-state index contributed by atoms with van der Waals surface area (Å²) >= 11 is 0. The Kier molecular flexibility index (Phi) is 2.19. The van der Waals surface area contributed by atoms with Crippen molar-refractivity contribution in [2.24, 2.45) is 17.8 Å². The summed E-state index contributed by atoms with van der Waals surface area (Å²) in [6.45, 7) is 0.641. The molecule has 0 aromatic heterocycles. The summed E-state index contributed by atoms with van der Waals surface area (Å²) in [6.07, 6.45) is 4.77. The second-order valence-electron chi connectivity index (χ2n) is 5.45. The number of hydrogen-bond donors (Lipinski definition) is 1. The van der Waals surface area contributed by atoms with Gasteiger partial charge in [-0.05, 0) is 43.9 Å². The fourth-order valence-electron chi connectivity index (χ4n) is 3.44. The van der Waals surface area contributed by atoms with Crippen LogP contribution in [0.15, 0.2) is 0 Å². The average molecular weight is 223 g/mol. The molecule has 0 spiro atoms. The van der Waals surface area contributed by atoms with E-state index in [1.54, 1.807) is 4.90 Å². The number of likely N-dealkylation sites (tertiary alicyclic amines) is 1. The topological polar surface area (TPSA) is 57.6 Å². The molecule has 0 bridgehead atoms. The number of carboxylic acid groups (broad SMARTS) is 1. The number of carbonyl (C=O) groups excluding carboxylic acids is 1. The van der Waals surface area contributed by atoms with Crippen molar-refractivity contribution in [3.63, 3.8) is 0 Å². The number of aliphatic carboxylic acids is 1. The van der Waals surface area contributed by atoms with Crippen molar-refractivity contribution >= 4 is 11.9 Å². The molecule has 2 saturated carbocycles. The van der Waals surface area contributed by atoms with Crippen LogP contribution in [0.3, 0.4) is 0 Å². The third-order valence-electron chi connectivity index (χ3n) is 4.41. The molecule has 1 N–H and O–H groups in total. The van der Waals surface area contributed by atoms with Crippen LogP contribution in [-0.2, 0) is 9.59 Å². The van der Waals surface area contributed by atoms with Gasteiger partial charge in [0, 0.05) is 12.5 Å². The molecule has 2 aliphatic carbocycles. The van der Waals surface area contributed by atoms with Crippen LogP contribution in [-0.4, -0.2) is 34.5 Å². The Morgan fingerprint density at radius 1 is 1.12 bits per heavy atom. The molecule has 1 aliphatic heterocycles. The zero-order chi connectivity index (χ0) is 11.3. The third kappa shape index (κ3) is 1.51. The highest BCUT2D eigenvalue weighted by Crippen LogP contribution is 2.54. The summed E-state index contributed by atoms with van der Waals surface area (Å²) in [5, 5.41) is 9.04. The van der Waals surface area contributed by atoms with Crippen LogP contribution in [0.5, 0.6) is 0 Å². The molecular formula is C12H17NO3. The number of amides is 1. The minimum Gasteiger partial charge on any atom is -0.480 e. The maximum absolute atomic E-state index is 12.2. The Labute approximate surface area is 94.6 Å². The summed E-state index contributed by atoms with van der Waals surface area (Å²) < 4.78 is 0. The van der Waals surface area contributed by atoms with Crippen LogP contribution in [0.25, 0.3) is 0 Å². The van der Waals surface area contributed by atoms with Crippen molar-refractivity contribution in [2.75, 3.05) is 6.54 Å². The molecule has 3 fully saturated rings. The Morgan fingerprint density at radius 3 is 2.44 bits per heavy atom. The van der Waals surface area contributed by atoms with Crippen LogP contribution >= 0.6 is 0 Å². The number of hydrogen-bond acceptors (Lipinski definition) is 2. The smallest absolute Gasteiger partial charge is 0.326 e. The SMILES string of the molecule is O=C(O)[C@@H]1CCCN1C(=O)C1CC2CC2C1. The number of rotatable bonds is 2. The lowest BCUT2D eigenvalue weighted by molar-refractivity contribution is -0.150. The van der Waals surface area contributed by atoms with Crippen molar-refractivity contribution in [1.29, 1.82) is 0 Å². The molecule has 0 radical (unpaired) electrons. The molecule has 0 aromatic rings. The Morgan fingerprint density at radius 2 is 1.81 bits per heavy atom. The van der Waals surface area contributed by atoms with E-state index in [0.29, 0.717) is 13.0 Å². The summed E-state index contributed by atoms with van der Waals surface area (Å²) in [5.41, 5.74) is 0. The van der Waals surface area contributed by atoms with Crippen LogP contribution < -0.4 is 0 Å². The molecule has 4 nitrogen and oxygen atoms in total. The van der Waals surface area contributed by atoms with Gasteiger partial charge in [-0.2, -0.15) is 0 Å². The van der Waals surface area contributed by atoms with Crippen molar-refractivity contribution in [3.05, 3.63) is 0 Å². The fraction of sp³-hybridized carbons (Fsp3) is 0.833. The molecule has 88 valence electrons. The van der Waals surface area contributed by atoms with Crippen molar-refractivity contribution < 1.29 is 14.7 Å². The van der Waals surface area contributed by atoms with Crippen LogP contribution in [0.2, 0.25) is 0 Å². The van der Waals surface area contributed by atoms with Gasteiger partial charge in [0.15, 0.2) is 0 Å². The number of nitrogens with zero attached hydrogens (tertiary/aromatic N) is 1. The summed E-state index contributed by atoms with van der Waals surface area (Å²) in [5.74, 6) is 0.953. The fourth-order valence-corrected chi connectivity index (χ4v) is 3.44. The first-order chi connectivity index (χ1) is 7.66. The molecule has 16 heavy (non-hydrogen) atoms. The van der Waals surface area contributed by atoms with Crippen molar-refractivity contribution in [1.82, 2.24) is 4.90 Å². The largest absolute Gasteiger partial charge is 0.480 e. The van der Waals surface area contributed by atoms with Gasteiger partial charge in [0.25, 0.3) is 0 Å². The van der Waals surface area contributed by atoms with E-state index in [1.165, 1.54) is 6.42 Å². The van der Waals surface area contributed by atoms with E-state index in [4.69, 9.17) is 5.11 Å². The Bertz CT molecular complexity index is 331. The van der Waals surface area contributed by atoms with E-state index in [0.717, 1.165) is 31.1 Å². The van der Waals surface area contributed by atoms with Gasteiger partial charge in [-0.3, -0.25) is 4.79 Å². The van der Waals surface area contributed by atoms with Gasteiger partial charge in [-0.15, -0.1) is 0 Å². The quantitative estimate of drug-likeness (QED) is 0.763. The monoisotopic (exact) mass is 223 g/mol. The van der Waals surface area contributed by atoms with Gasteiger partial charge in [0.1, 0.15) is 6.04 Å². The van der Waals surface area contributed by atoms with Gasteiger partial charge >= 0.3 is 5.97 Å². The van der Waals surface area contributed by atoms with E-state index in [1.807, 2.05) is 0 Å². The standard InChI is InChI=1S/C12H17NO3/c14-11(9-5-7-4-8(7)6-9)13-3-1-2-10(13)12(15)16/h7-10H,1-6H2,(H,15,16)/t7?,8?,9?,10-/m0/s1. The normalized spacial score (nSPS) is 40.9. The summed E-state index contributed by atoms with van der Waals surface area (Å²) in [4.78, 5) is 24.8. The predicted octanol–water partition coefficient (Wildman–Crippen LogP) is 1.11. The average Bonchev–Trinajstić information content (AvgIpc) is 2.72. The molecule has 3 rings (SSSR count). The Hall–Kier alpha value is -1.06. The van der Waals surface area contributed by atoms with Gasteiger partial charge in [-0.25, -0.2) is 4.79 Å². The van der Waals surface area contributed by atoms with E-state index >= 15 is 0 Å². The highest BCUT2D eigenvalue weighted by molar-refractivity contribution is 5.86. The van der Waals surface area contributed by atoms with E-state index in [9.17, 15) is 9.59 Å². The second kappa shape index (κ2) is 3.47. The lowest BCUT2D eigenvalue weighted by atomic mass is 10.0. The second-order valence-corrected chi connectivity index (χ2v) is 5.45. The molecule has 0 aromatic carbocycles.